The summed E-state index contributed by atoms with van der Waals surface area (Å²) in [5, 5.41) is 0. The summed E-state index contributed by atoms with van der Waals surface area (Å²) in [5.41, 5.74) is 1.09. The molecular formula is C17H26N2O. The number of likely N-dealkylation sites (N-methyl/N-ethyl adjacent to an activating group) is 1. The quantitative estimate of drug-likeness (QED) is 0.842. The van der Waals surface area contributed by atoms with Crippen molar-refractivity contribution in [3.8, 4) is 0 Å². The zero-order chi connectivity index (χ0) is 14.5. The maximum atomic E-state index is 13.0. The summed E-state index contributed by atoms with van der Waals surface area (Å²) >= 11 is 0. The van der Waals surface area contributed by atoms with Crippen molar-refractivity contribution in [2.75, 3.05) is 20.6 Å². The maximum absolute atomic E-state index is 13.0. The first-order chi connectivity index (χ1) is 9.65. The monoisotopic (exact) mass is 274 g/mol. The van der Waals surface area contributed by atoms with E-state index in [1.54, 1.807) is 0 Å². The van der Waals surface area contributed by atoms with Gasteiger partial charge in [-0.05, 0) is 45.3 Å². The highest BCUT2D eigenvalue weighted by Gasteiger charge is 2.32. The van der Waals surface area contributed by atoms with Gasteiger partial charge in [-0.1, -0.05) is 37.3 Å². The van der Waals surface area contributed by atoms with Gasteiger partial charge in [-0.3, -0.25) is 9.69 Å². The first kappa shape index (κ1) is 15.0. The van der Waals surface area contributed by atoms with Gasteiger partial charge in [0.2, 0.25) is 5.91 Å². The van der Waals surface area contributed by atoms with Crippen LogP contribution in [0.3, 0.4) is 0 Å². The largest absolute Gasteiger partial charge is 0.338 e. The summed E-state index contributed by atoms with van der Waals surface area (Å²) in [6, 6.07) is 10.4. The van der Waals surface area contributed by atoms with Crippen molar-refractivity contribution >= 4 is 5.91 Å². The molecule has 1 amide bonds. The van der Waals surface area contributed by atoms with Crippen LogP contribution in [0.15, 0.2) is 30.3 Å². The number of carbonyl (C=O) groups is 1. The number of hydrogen-bond donors (Lipinski definition) is 0. The van der Waals surface area contributed by atoms with Crippen molar-refractivity contribution in [1.29, 1.82) is 0 Å². The van der Waals surface area contributed by atoms with Crippen LogP contribution in [0, 0.1) is 0 Å². The van der Waals surface area contributed by atoms with E-state index in [0.717, 1.165) is 31.4 Å². The average molecular weight is 274 g/mol. The van der Waals surface area contributed by atoms with Crippen LogP contribution in [0.1, 0.15) is 44.2 Å². The molecule has 0 saturated carbocycles. The molecule has 1 aromatic carbocycles. The summed E-state index contributed by atoms with van der Waals surface area (Å²) in [5.74, 6) is 0.257. The molecule has 1 aliphatic rings. The van der Waals surface area contributed by atoms with Crippen LogP contribution in [0.4, 0.5) is 0 Å². The standard InChI is InChI=1S/C17H26N2O/c1-4-15-12-8-9-13-19(15)17(20)16(18(2)3)14-10-6-5-7-11-14/h5-7,10-11,15-16H,4,8-9,12-13H2,1-3H3. The first-order valence-corrected chi connectivity index (χ1v) is 7.67. The van der Waals surface area contributed by atoms with Crippen molar-refractivity contribution in [3.63, 3.8) is 0 Å². The fraction of sp³-hybridized carbons (Fsp3) is 0.588. The van der Waals surface area contributed by atoms with E-state index < -0.39 is 0 Å². The maximum Gasteiger partial charge on any atom is 0.244 e. The lowest BCUT2D eigenvalue weighted by molar-refractivity contribution is -0.140. The molecule has 1 saturated heterocycles. The topological polar surface area (TPSA) is 23.6 Å². The molecule has 110 valence electrons. The van der Waals surface area contributed by atoms with Gasteiger partial charge in [-0.15, -0.1) is 0 Å². The normalized spacial score (nSPS) is 21.0. The Labute approximate surface area is 122 Å². The van der Waals surface area contributed by atoms with Gasteiger partial charge in [-0.2, -0.15) is 0 Å². The number of likely N-dealkylation sites (tertiary alicyclic amines) is 1. The van der Waals surface area contributed by atoms with Crippen LogP contribution in [-0.2, 0) is 4.79 Å². The number of carbonyl (C=O) groups excluding carboxylic acids is 1. The molecule has 3 nitrogen and oxygen atoms in total. The van der Waals surface area contributed by atoms with Crippen molar-refractivity contribution < 1.29 is 4.79 Å². The number of rotatable bonds is 4. The third-order valence-corrected chi connectivity index (χ3v) is 4.25. The van der Waals surface area contributed by atoms with E-state index in [4.69, 9.17) is 0 Å². The Hall–Kier alpha value is -1.35. The highest BCUT2D eigenvalue weighted by atomic mass is 16.2. The molecule has 1 aliphatic heterocycles. The van der Waals surface area contributed by atoms with Gasteiger partial charge < -0.3 is 4.90 Å². The minimum atomic E-state index is -0.164. The average Bonchev–Trinajstić information content (AvgIpc) is 2.48. The molecule has 1 fully saturated rings. The Morgan fingerprint density at radius 2 is 2.00 bits per heavy atom. The minimum Gasteiger partial charge on any atom is -0.338 e. The van der Waals surface area contributed by atoms with Gasteiger partial charge in [0.1, 0.15) is 6.04 Å². The molecule has 1 aromatic rings. The van der Waals surface area contributed by atoms with Gasteiger partial charge in [0.05, 0.1) is 0 Å². The number of piperidine rings is 1. The second kappa shape index (κ2) is 6.89. The van der Waals surface area contributed by atoms with Gasteiger partial charge >= 0.3 is 0 Å². The van der Waals surface area contributed by atoms with Crippen molar-refractivity contribution in [1.82, 2.24) is 9.80 Å². The lowest BCUT2D eigenvalue weighted by atomic mass is 9.97. The predicted octanol–water partition coefficient (Wildman–Crippen LogP) is 3.08. The molecule has 20 heavy (non-hydrogen) atoms. The lowest BCUT2D eigenvalue weighted by Crippen LogP contribution is -2.48. The van der Waals surface area contributed by atoms with Gasteiger partial charge in [-0.25, -0.2) is 0 Å². The first-order valence-electron chi connectivity index (χ1n) is 7.67. The summed E-state index contributed by atoms with van der Waals surface area (Å²) in [6.07, 6.45) is 4.59. The Balaban J connectivity index is 2.23. The zero-order valence-corrected chi connectivity index (χ0v) is 12.9. The van der Waals surface area contributed by atoms with Crippen LogP contribution in [0.25, 0.3) is 0 Å². The van der Waals surface area contributed by atoms with Crippen molar-refractivity contribution in [2.24, 2.45) is 0 Å². The van der Waals surface area contributed by atoms with Crippen LogP contribution < -0.4 is 0 Å². The number of nitrogens with zero attached hydrogens (tertiary/aromatic N) is 2. The fourth-order valence-corrected chi connectivity index (χ4v) is 3.17. The van der Waals surface area contributed by atoms with E-state index in [9.17, 15) is 4.79 Å². The third kappa shape index (κ3) is 3.21. The second-order valence-electron chi connectivity index (χ2n) is 5.87. The van der Waals surface area contributed by atoms with Gasteiger partial charge in [0, 0.05) is 12.6 Å². The molecule has 0 aromatic heterocycles. The van der Waals surface area contributed by atoms with E-state index in [1.165, 1.54) is 6.42 Å². The van der Waals surface area contributed by atoms with Gasteiger partial charge in [0.15, 0.2) is 0 Å². The Morgan fingerprint density at radius 1 is 1.30 bits per heavy atom. The fourth-order valence-electron chi connectivity index (χ4n) is 3.17. The van der Waals surface area contributed by atoms with E-state index in [1.807, 2.05) is 49.3 Å². The smallest absolute Gasteiger partial charge is 0.244 e. The van der Waals surface area contributed by atoms with Gasteiger partial charge in [0.25, 0.3) is 0 Å². The van der Waals surface area contributed by atoms with Crippen LogP contribution >= 0.6 is 0 Å². The van der Waals surface area contributed by atoms with Crippen LogP contribution in [0.5, 0.6) is 0 Å². The Bertz CT molecular complexity index is 430. The molecule has 2 rings (SSSR count). The van der Waals surface area contributed by atoms with E-state index in [-0.39, 0.29) is 11.9 Å². The predicted molar refractivity (Wildman–Crippen MR) is 82.5 cm³/mol. The molecule has 0 bridgehead atoms. The molecule has 0 spiro atoms. The van der Waals surface area contributed by atoms with E-state index in [0.29, 0.717) is 6.04 Å². The van der Waals surface area contributed by atoms with E-state index >= 15 is 0 Å². The van der Waals surface area contributed by atoms with Crippen LogP contribution in [-0.4, -0.2) is 42.4 Å². The minimum absolute atomic E-state index is 0.164. The van der Waals surface area contributed by atoms with Crippen molar-refractivity contribution in [2.45, 2.75) is 44.7 Å². The summed E-state index contributed by atoms with van der Waals surface area (Å²) in [6.45, 7) is 3.10. The molecule has 0 radical (unpaired) electrons. The third-order valence-electron chi connectivity index (χ3n) is 4.25. The van der Waals surface area contributed by atoms with E-state index in [2.05, 4.69) is 11.8 Å². The summed E-state index contributed by atoms with van der Waals surface area (Å²) in [4.78, 5) is 17.1. The highest BCUT2D eigenvalue weighted by molar-refractivity contribution is 5.83. The second-order valence-corrected chi connectivity index (χ2v) is 5.87. The van der Waals surface area contributed by atoms with Crippen LogP contribution in [0.2, 0.25) is 0 Å². The highest BCUT2D eigenvalue weighted by Crippen LogP contribution is 2.26. The molecule has 1 heterocycles. The molecular weight excluding hydrogens is 248 g/mol. The molecule has 2 atom stereocenters. The zero-order valence-electron chi connectivity index (χ0n) is 12.9. The summed E-state index contributed by atoms with van der Waals surface area (Å²) < 4.78 is 0. The number of amides is 1. The molecule has 0 N–H and O–H groups in total. The Kier molecular flexibility index (Phi) is 5.18. The summed E-state index contributed by atoms with van der Waals surface area (Å²) in [7, 11) is 3.97. The molecule has 2 unspecified atom stereocenters. The molecule has 0 aliphatic carbocycles. The van der Waals surface area contributed by atoms with Crippen molar-refractivity contribution in [3.05, 3.63) is 35.9 Å². The Morgan fingerprint density at radius 3 is 2.60 bits per heavy atom. The lowest BCUT2D eigenvalue weighted by Gasteiger charge is -2.39. The number of hydrogen-bond acceptors (Lipinski definition) is 2. The SMILES string of the molecule is CCC1CCCCN1C(=O)C(c1ccccc1)N(C)C. The number of benzene rings is 1. The molecule has 3 heteroatoms.